The molecule has 1 aromatic rings. The van der Waals surface area contributed by atoms with Gasteiger partial charge in [-0.1, -0.05) is 17.1 Å². The molecule has 0 aliphatic rings. The zero-order chi connectivity index (χ0) is 9.68. The maximum absolute atomic E-state index is 10.2. The Kier molecular flexibility index (Phi) is 3.72. The van der Waals surface area contributed by atoms with Crippen LogP contribution in [-0.2, 0) is 11.1 Å². The Bertz CT molecular complexity index is 303. The molecule has 0 saturated carbocycles. The Morgan fingerprint density at radius 3 is 2.92 bits per heavy atom. The van der Waals surface area contributed by atoms with E-state index in [0.29, 0.717) is 11.4 Å². The molecular weight excluding hydrogens is 190 g/mol. The van der Waals surface area contributed by atoms with Gasteiger partial charge in [0, 0.05) is 17.5 Å². The van der Waals surface area contributed by atoms with E-state index in [1.54, 1.807) is 24.3 Å². The second kappa shape index (κ2) is 4.84. The lowest BCUT2D eigenvalue weighted by atomic mass is 10.3. The van der Waals surface area contributed by atoms with Gasteiger partial charge in [-0.15, -0.1) is 0 Å². The Morgan fingerprint density at radius 2 is 2.31 bits per heavy atom. The van der Waals surface area contributed by atoms with Gasteiger partial charge in [0.25, 0.3) is 0 Å². The van der Waals surface area contributed by atoms with Crippen molar-refractivity contribution in [2.75, 3.05) is 18.1 Å². The van der Waals surface area contributed by atoms with Crippen molar-refractivity contribution in [1.82, 2.24) is 0 Å². The van der Waals surface area contributed by atoms with Crippen LogP contribution >= 0.6 is 0 Å². The van der Waals surface area contributed by atoms with Gasteiger partial charge in [0.2, 0.25) is 0 Å². The van der Waals surface area contributed by atoms with Crippen LogP contribution < -0.4 is 10.5 Å². The minimum Gasteiger partial charge on any atom is -0.772 e. The van der Waals surface area contributed by atoms with E-state index in [1.807, 2.05) is 0 Å². The Hall–Kier alpha value is -1.07. The molecule has 2 N–H and O–H groups in total. The number of benzene rings is 1. The van der Waals surface area contributed by atoms with Crippen LogP contribution in [0.1, 0.15) is 0 Å². The molecule has 0 fully saturated rings. The van der Waals surface area contributed by atoms with Gasteiger partial charge in [-0.25, -0.2) is 0 Å². The fraction of sp³-hybridized carbons (Fsp3) is 0.250. The van der Waals surface area contributed by atoms with Gasteiger partial charge < -0.3 is 15.0 Å². The number of hydrogen-bond acceptors (Lipinski definition) is 4. The first-order chi connectivity index (χ1) is 6.18. The van der Waals surface area contributed by atoms with E-state index in [1.165, 1.54) is 0 Å². The molecular formula is C8H10NO3S-. The highest BCUT2D eigenvalue weighted by atomic mass is 32.2. The van der Waals surface area contributed by atoms with Gasteiger partial charge in [0.05, 0.1) is 6.61 Å². The SMILES string of the molecule is Nc1cccc(OCCS(=O)[O-])c1. The Morgan fingerprint density at radius 1 is 1.54 bits per heavy atom. The van der Waals surface area contributed by atoms with Crippen LogP contribution in [0.3, 0.4) is 0 Å². The minimum atomic E-state index is -2.05. The largest absolute Gasteiger partial charge is 0.772 e. The van der Waals surface area contributed by atoms with E-state index in [-0.39, 0.29) is 12.4 Å². The van der Waals surface area contributed by atoms with Crippen LogP contribution in [-0.4, -0.2) is 21.1 Å². The molecule has 0 bridgehead atoms. The first-order valence-corrected chi connectivity index (χ1v) is 4.97. The normalized spacial score (nSPS) is 12.4. The number of ether oxygens (including phenoxy) is 1. The fourth-order valence-corrected chi connectivity index (χ4v) is 1.05. The molecule has 5 heteroatoms. The molecule has 0 radical (unpaired) electrons. The zero-order valence-electron chi connectivity index (χ0n) is 6.93. The lowest BCUT2D eigenvalue weighted by Crippen LogP contribution is -2.07. The number of nitrogens with two attached hydrogens (primary N) is 1. The first-order valence-electron chi connectivity index (χ1n) is 3.72. The average Bonchev–Trinajstić information content (AvgIpc) is 2.03. The molecule has 0 aromatic heterocycles. The summed E-state index contributed by atoms with van der Waals surface area (Å²) in [5, 5.41) is 0. The van der Waals surface area contributed by atoms with Crippen molar-refractivity contribution in [3.63, 3.8) is 0 Å². The van der Waals surface area contributed by atoms with Crippen molar-refractivity contribution in [2.45, 2.75) is 0 Å². The van der Waals surface area contributed by atoms with Gasteiger partial charge in [0.1, 0.15) is 5.75 Å². The molecule has 0 spiro atoms. The molecule has 1 unspecified atom stereocenters. The maximum atomic E-state index is 10.2. The molecule has 1 rings (SSSR count). The number of rotatable bonds is 4. The quantitative estimate of drug-likeness (QED) is 0.568. The Balaban J connectivity index is 2.41. The predicted molar refractivity (Wildman–Crippen MR) is 50.1 cm³/mol. The standard InChI is InChI=1S/C8H11NO3S/c9-7-2-1-3-8(6-7)12-4-5-13(10)11/h1-3,6H,4-5,9H2,(H,10,11)/p-1. The lowest BCUT2D eigenvalue weighted by molar-refractivity contribution is 0.339. The predicted octanol–water partition coefficient (Wildman–Crippen LogP) is 0.527. The highest BCUT2D eigenvalue weighted by Crippen LogP contribution is 2.13. The topological polar surface area (TPSA) is 75.4 Å². The van der Waals surface area contributed by atoms with Crippen molar-refractivity contribution in [2.24, 2.45) is 0 Å². The van der Waals surface area contributed by atoms with Gasteiger partial charge in [-0.05, 0) is 12.1 Å². The number of hydrogen-bond donors (Lipinski definition) is 1. The molecule has 1 aromatic carbocycles. The van der Waals surface area contributed by atoms with Gasteiger partial charge >= 0.3 is 0 Å². The molecule has 0 heterocycles. The van der Waals surface area contributed by atoms with Crippen LogP contribution in [0.15, 0.2) is 24.3 Å². The van der Waals surface area contributed by atoms with Crippen LogP contribution in [0.4, 0.5) is 5.69 Å². The van der Waals surface area contributed by atoms with Crippen LogP contribution in [0.25, 0.3) is 0 Å². The van der Waals surface area contributed by atoms with E-state index in [2.05, 4.69) is 0 Å². The molecule has 72 valence electrons. The summed E-state index contributed by atoms with van der Waals surface area (Å²) in [4.78, 5) is 0. The molecule has 0 saturated heterocycles. The summed E-state index contributed by atoms with van der Waals surface area (Å²) in [5.74, 6) is 0.583. The number of nitrogen functional groups attached to an aromatic ring is 1. The first kappa shape index (κ1) is 10.0. The number of anilines is 1. The summed E-state index contributed by atoms with van der Waals surface area (Å²) in [6, 6.07) is 6.86. The second-order valence-electron chi connectivity index (χ2n) is 2.43. The van der Waals surface area contributed by atoms with Crippen molar-refractivity contribution < 1.29 is 13.5 Å². The third-order valence-electron chi connectivity index (χ3n) is 1.38. The van der Waals surface area contributed by atoms with Crippen LogP contribution in [0, 0.1) is 0 Å². The highest BCUT2D eigenvalue weighted by Gasteiger charge is 1.93. The molecule has 0 aliphatic carbocycles. The third kappa shape index (κ3) is 3.91. The highest BCUT2D eigenvalue weighted by molar-refractivity contribution is 7.79. The van der Waals surface area contributed by atoms with E-state index in [9.17, 15) is 8.76 Å². The fourth-order valence-electron chi connectivity index (χ4n) is 0.832. The van der Waals surface area contributed by atoms with Crippen molar-refractivity contribution in [3.05, 3.63) is 24.3 Å². The van der Waals surface area contributed by atoms with Gasteiger partial charge in [0.15, 0.2) is 0 Å². The van der Waals surface area contributed by atoms with E-state index >= 15 is 0 Å². The molecule has 0 amide bonds. The summed E-state index contributed by atoms with van der Waals surface area (Å²) in [6.07, 6.45) is 0. The molecule has 1 atom stereocenters. The molecule has 0 aliphatic heterocycles. The Labute approximate surface area is 79.0 Å². The lowest BCUT2D eigenvalue weighted by Gasteiger charge is -2.07. The van der Waals surface area contributed by atoms with E-state index < -0.39 is 11.1 Å². The van der Waals surface area contributed by atoms with Crippen molar-refractivity contribution in [3.8, 4) is 5.75 Å². The average molecular weight is 200 g/mol. The summed E-state index contributed by atoms with van der Waals surface area (Å²) in [6.45, 7) is 0.152. The van der Waals surface area contributed by atoms with E-state index in [0.717, 1.165) is 0 Å². The molecule has 4 nitrogen and oxygen atoms in total. The van der Waals surface area contributed by atoms with Crippen LogP contribution in [0.2, 0.25) is 0 Å². The summed E-state index contributed by atoms with van der Waals surface area (Å²) < 4.78 is 25.4. The molecule has 13 heavy (non-hydrogen) atoms. The summed E-state index contributed by atoms with van der Waals surface area (Å²) >= 11 is -2.05. The van der Waals surface area contributed by atoms with E-state index in [4.69, 9.17) is 10.5 Å². The van der Waals surface area contributed by atoms with Gasteiger partial charge in [-0.2, -0.15) is 0 Å². The monoisotopic (exact) mass is 200 g/mol. The van der Waals surface area contributed by atoms with Crippen molar-refractivity contribution in [1.29, 1.82) is 0 Å². The maximum Gasteiger partial charge on any atom is 0.121 e. The second-order valence-corrected chi connectivity index (χ2v) is 3.44. The zero-order valence-corrected chi connectivity index (χ0v) is 7.75. The third-order valence-corrected chi connectivity index (χ3v) is 1.88. The minimum absolute atomic E-state index is 0.00516. The summed E-state index contributed by atoms with van der Waals surface area (Å²) in [7, 11) is 0. The van der Waals surface area contributed by atoms with Crippen LogP contribution in [0.5, 0.6) is 5.75 Å². The smallest absolute Gasteiger partial charge is 0.121 e. The van der Waals surface area contributed by atoms with Crippen molar-refractivity contribution >= 4 is 16.8 Å². The summed E-state index contributed by atoms with van der Waals surface area (Å²) in [5.41, 5.74) is 6.09. The van der Waals surface area contributed by atoms with Gasteiger partial charge in [-0.3, -0.25) is 4.21 Å².